The van der Waals surface area contributed by atoms with E-state index in [1.54, 1.807) is 0 Å². The highest BCUT2D eigenvalue weighted by molar-refractivity contribution is 7.16. The van der Waals surface area contributed by atoms with Gasteiger partial charge in [0.05, 0.1) is 0 Å². The molecule has 2 aromatic rings. The molecule has 0 aliphatic heterocycles. The molecule has 5 heteroatoms. The summed E-state index contributed by atoms with van der Waals surface area (Å²) in [4.78, 5) is 12.1. The first kappa shape index (κ1) is 10.8. The molecule has 0 aliphatic carbocycles. The van der Waals surface area contributed by atoms with Gasteiger partial charge in [-0.15, -0.1) is 11.3 Å². The summed E-state index contributed by atoms with van der Waals surface area (Å²) in [6, 6.07) is 1.89. The van der Waals surface area contributed by atoms with Crippen molar-refractivity contribution in [2.24, 2.45) is 7.05 Å². The molecule has 2 heterocycles. The topological polar surface area (TPSA) is 68.2 Å². The molecule has 0 aliphatic rings. The number of rotatable bonds is 2. The molecule has 0 saturated carbocycles. The molecule has 0 saturated heterocycles. The predicted molar refractivity (Wildman–Crippen MR) is 64.8 cm³/mol. The number of nitrogens with two attached hydrogens (primary N) is 1. The van der Waals surface area contributed by atoms with Gasteiger partial charge in [-0.3, -0.25) is 0 Å². The number of thiophene rings is 1. The van der Waals surface area contributed by atoms with E-state index >= 15 is 0 Å². The summed E-state index contributed by atoms with van der Waals surface area (Å²) in [5.74, 6) is -0.972. The van der Waals surface area contributed by atoms with Gasteiger partial charge in [0.25, 0.3) is 0 Å². The second kappa shape index (κ2) is 3.68. The third-order valence-corrected chi connectivity index (χ3v) is 3.38. The van der Waals surface area contributed by atoms with Crippen molar-refractivity contribution in [2.45, 2.75) is 6.92 Å². The standard InChI is InChI=1S/C11H12N2O2S/c1-6-8(7-3-4-13(2)5-7)9(11(14)15)10(12)16-6/h3-5H,12H2,1-2H3,(H,14,15). The smallest absolute Gasteiger partial charge is 0.339 e. The maximum atomic E-state index is 11.2. The normalized spacial score (nSPS) is 10.6. The van der Waals surface area contributed by atoms with Crippen LogP contribution in [0.1, 0.15) is 15.2 Å². The van der Waals surface area contributed by atoms with Crippen LogP contribution in [0.2, 0.25) is 0 Å². The molecule has 0 aromatic carbocycles. The molecule has 0 unspecified atom stereocenters. The first-order valence-electron chi connectivity index (χ1n) is 4.75. The zero-order valence-corrected chi connectivity index (χ0v) is 9.84. The average molecular weight is 236 g/mol. The third kappa shape index (κ3) is 1.59. The fourth-order valence-electron chi connectivity index (χ4n) is 1.78. The van der Waals surface area contributed by atoms with Crippen molar-refractivity contribution in [3.63, 3.8) is 0 Å². The molecule has 2 rings (SSSR count). The van der Waals surface area contributed by atoms with Crippen LogP contribution >= 0.6 is 11.3 Å². The fraction of sp³-hybridized carbons (Fsp3) is 0.182. The van der Waals surface area contributed by atoms with E-state index in [2.05, 4.69) is 0 Å². The average Bonchev–Trinajstić information content (AvgIpc) is 2.69. The Bertz CT molecular complexity index is 554. The molecule has 0 fully saturated rings. The number of nitrogen functional groups attached to an aromatic ring is 1. The van der Waals surface area contributed by atoms with Gasteiger partial charge in [-0.2, -0.15) is 0 Å². The van der Waals surface area contributed by atoms with Crippen molar-refractivity contribution >= 4 is 22.3 Å². The Morgan fingerprint density at radius 2 is 2.25 bits per heavy atom. The van der Waals surface area contributed by atoms with Crippen molar-refractivity contribution in [3.8, 4) is 11.1 Å². The van der Waals surface area contributed by atoms with Crippen LogP contribution in [-0.4, -0.2) is 15.6 Å². The maximum Gasteiger partial charge on any atom is 0.339 e. The fourth-order valence-corrected chi connectivity index (χ4v) is 2.72. The highest BCUT2D eigenvalue weighted by Gasteiger charge is 2.21. The van der Waals surface area contributed by atoms with Gasteiger partial charge in [-0.25, -0.2) is 4.79 Å². The minimum absolute atomic E-state index is 0.216. The number of carboxylic acids is 1. The lowest BCUT2D eigenvalue weighted by Gasteiger charge is -1.99. The number of aryl methyl sites for hydroxylation is 2. The van der Waals surface area contributed by atoms with E-state index in [1.807, 2.05) is 37.0 Å². The van der Waals surface area contributed by atoms with E-state index in [0.29, 0.717) is 5.00 Å². The second-order valence-corrected chi connectivity index (χ2v) is 4.90. The van der Waals surface area contributed by atoms with Crippen molar-refractivity contribution < 1.29 is 9.90 Å². The summed E-state index contributed by atoms with van der Waals surface area (Å²) in [5, 5.41) is 9.51. The Labute approximate surface area is 96.9 Å². The Hall–Kier alpha value is -1.75. The van der Waals surface area contributed by atoms with E-state index in [9.17, 15) is 4.79 Å². The van der Waals surface area contributed by atoms with Gasteiger partial charge in [-0.1, -0.05) is 0 Å². The number of nitrogens with zero attached hydrogens (tertiary/aromatic N) is 1. The number of hydrogen-bond donors (Lipinski definition) is 2. The summed E-state index contributed by atoms with van der Waals surface area (Å²) < 4.78 is 1.88. The third-order valence-electron chi connectivity index (χ3n) is 2.45. The number of carbonyl (C=O) groups is 1. The van der Waals surface area contributed by atoms with Gasteiger partial charge in [0.1, 0.15) is 10.6 Å². The van der Waals surface area contributed by atoms with Gasteiger partial charge >= 0.3 is 5.97 Å². The van der Waals surface area contributed by atoms with Crippen LogP contribution in [-0.2, 0) is 7.05 Å². The van der Waals surface area contributed by atoms with Gasteiger partial charge in [0.2, 0.25) is 0 Å². The molecule has 0 amide bonds. The maximum absolute atomic E-state index is 11.2. The quantitative estimate of drug-likeness (QED) is 0.841. The largest absolute Gasteiger partial charge is 0.478 e. The van der Waals surface area contributed by atoms with Crippen LogP contribution in [0.3, 0.4) is 0 Å². The highest BCUT2D eigenvalue weighted by Crippen LogP contribution is 2.38. The van der Waals surface area contributed by atoms with Gasteiger partial charge in [-0.05, 0) is 13.0 Å². The van der Waals surface area contributed by atoms with Crippen molar-refractivity contribution in [1.82, 2.24) is 4.57 Å². The molecule has 0 bridgehead atoms. The molecule has 16 heavy (non-hydrogen) atoms. The van der Waals surface area contributed by atoms with Crippen molar-refractivity contribution in [3.05, 3.63) is 28.9 Å². The summed E-state index contributed by atoms with van der Waals surface area (Å²) >= 11 is 1.32. The van der Waals surface area contributed by atoms with Crippen molar-refractivity contribution in [2.75, 3.05) is 5.73 Å². The lowest BCUT2D eigenvalue weighted by Crippen LogP contribution is -2.00. The molecule has 0 spiro atoms. The Morgan fingerprint density at radius 1 is 1.56 bits per heavy atom. The SMILES string of the molecule is Cc1sc(N)c(C(=O)O)c1-c1ccn(C)c1. The van der Waals surface area contributed by atoms with Crippen LogP contribution in [0.4, 0.5) is 5.00 Å². The van der Waals surface area contributed by atoms with E-state index < -0.39 is 5.97 Å². The molecule has 0 atom stereocenters. The molecular formula is C11H12N2O2S. The molecule has 3 N–H and O–H groups in total. The number of carboxylic acid groups (broad SMARTS) is 1. The van der Waals surface area contributed by atoms with Crippen LogP contribution in [0, 0.1) is 6.92 Å². The van der Waals surface area contributed by atoms with Gasteiger partial charge in [0, 0.05) is 35.4 Å². The zero-order chi connectivity index (χ0) is 11.9. The lowest BCUT2D eigenvalue weighted by atomic mass is 10.0. The van der Waals surface area contributed by atoms with E-state index in [-0.39, 0.29) is 5.56 Å². The molecule has 2 aromatic heterocycles. The number of hydrogen-bond acceptors (Lipinski definition) is 3. The predicted octanol–water partition coefficient (Wildman–Crippen LogP) is 2.34. The first-order valence-corrected chi connectivity index (χ1v) is 5.57. The van der Waals surface area contributed by atoms with Crippen LogP contribution in [0.5, 0.6) is 0 Å². The summed E-state index contributed by atoms with van der Waals surface area (Å²) in [5.41, 5.74) is 7.56. The minimum Gasteiger partial charge on any atom is -0.478 e. The van der Waals surface area contributed by atoms with Gasteiger partial charge in [0.15, 0.2) is 0 Å². The molecule has 4 nitrogen and oxygen atoms in total. The zero-order valence-electron chi connectivity index (χ0n) is 9.02. The van der Waals surface area contributed by atoms with E-state index in [4.69, 9.17) is 10.8 Å². The molecule has 84 valence electrons. The van der Waals surface area contributed by atoms with E-state index in [0.717, 1.165) is 16.0 Å². The van der Waals surface area contributed by atoms with Gasteiger partial charge < -0.3 is 15.4 Å². The Morgan fingerprint density at radius 3 is 2.75 bits per heavy atom. The van der Waals surface area contributed by atoms with Crippen LogP contribution in [0.25, 0.3) is 11.1 Å². The van der Waals surface area contributed by atoms with Crippen LogP contribution < -0.4 is 5.73 Å². The monoisotopic (exact) mass is 236 g/mol. The number of anilines is 1. The van der Waals surface area contributed by atoms with Crippen LogP contribution in [0.15, 0.2) is 18.5 Å². The summed E-state index contributed by atoms with van der Waals surface area (Å²) in [7, 11) is 1.90. The summed E-state index contributed by atoms with van der Waals surface area (Å²) in [6.07, 6.45) is 3.77. The van der Waals surface area contributed by atoms with Crippen molar-refractivity contribution in [1.29, 1.82) is 0 Å². The summed E-state index contributed by atoms with van der Waals surface area (Å²) in [6.45, 7) is 1.88. The number of aromatic nitrogens is 1. The molecule has 0 radical (unpaired) electrons. The highest BCUT2D eigenvalue weighted by atomic mass is 32.1. The molecular weight excluding hydrogens is 224 g/mol. The minimum atomic E-state index is -0.972. The Balaban J connectivity index is 2.68. The number of aromatic carboxylic acids is 1. The second-order valence-electron chi connectivity index (χ2n) is 3.64. The van der Waals surface area contributed by atoms with E-state index in [1.165, 1.54) is 11.3 Å². The first-order chi connectivity index (χ1) is 7.50. The Kier molecular flexibility index (Phi) is 2.47. The lowest BCUT2D eigenvalue weighted by molar-refractivity contribution is 0.0699.